The highest BCUT2D eigenvalue weighted by molar-refractivity contribution is 5.96. The average Bonchev–Trinajstić information content (AvgIpc) is 3.29. The van der Waals surface area contributed by atoms with Gasteiger partial charge in [-0.05, 0) is 30.2 Å². The van der Waals surface area contributed by atoms with Gasteiger partial charge in [0.1, 0.15) is 5.82 Å². The molecule has 0 bridgehead atoms. The van der Waals surface area contributed by atoms with E-state index in [1.165, 1.54) is 0 Å². The number of nitrogens with one attached hydrogen (secondary N) is 3. The van der Waals surface area contributed by atoms with Gasteiger partial charge in [-0.25, -0.2) is 9.98 Å². The molecule has 3 aromatic rings. The fourth-order valence-corrected chi connectivity index (χ4v) is 3.17. The van der Waals surface area contributed by atoms with Gasteiger partial charge in [0.2, 0.25) is 5.91 Å². The quantitative estimate of drug-likeness (QED) is 0.294. The minimum Gasteiger partial charge on any atom is -0.368 e. The van der Waals surface area contributed by atoms with E-state index in [-0.39, 0.29) is 12.5 Å². The van der Waals surface area contributed by atoms with Crippen LogP contribution in [0.15, 0.2) is 65.8 Å². The van der Waals surface area contributed by atoms with Gasteiger partial charge in [0.15, 0.2) is 5.96 Å². The number of hydrogen-bond acceptors (Lipinski definition) is 4. The van der Waals surface area contributed by atoms with E-state index in [0.29, 0.717) is 18.7 Å². The number of benzene rings is 2. The number of primary amides is 1. The van der Waals surface area contributed by atoms with Crippen molar-refractivity contribution in [2.45, 2.75) is 20.0 Å². The van der Waals surface area contributed by atoms with Gasteiger partial charge in [-0.3, -0.25) is 9.59 Å². The number of H-pyrrole nitrogens is 1. The Bertz CT molecular complexity index is 1090. The van der Waals surface area contributed by atoms with E-state index in [9.17, 15) is 9.59 Å². The molecule has 0 unspecified atom stereocenters. The van der Waals surface area contributed by atoms with Crippen molar-refractivity contribution in [3.05, 3.63) is 77.7 Å². The molecule has 0 saturated heterocycles. The molecule has 0 fully saturated rings. The van der Waals surface area contributed by atoms with Crippen LogP contribution in [0, 0.1) is 0 Å². The number of imidazole rings is 1. The number of aromatic nitrogens is 2. The monoisotopic (exact) mass is 447 g/mol. The van der Waals surface area contributed by atoms with Gasteiger partial charge in [-0.1, -0.05) is 42.5 Å². The fourth-order valence-electron chi connectivity index (χ4n) is 3.17. The van der Waals surface area contributed by atoms with Crippen LogP contribution in [0.4, 0.5) is 0 Å². The summed E-state index contributed by atoms with van der Waals surface area (Å²) < 4.78 is 0. The van der Waals surface area contributed by atoms with E-state index in [4.69, 9.17) is 10.7 Å². The summed E-state index contributed by atoms with van der Waals surface area (Å²) in [5.74, 6) is 0.664. The van der Waals surface area contributed by atoms with E-state index in [1.807, 2.05) is 67.5 Å². The molecule has 0 aliphatic rings. The van der Waals surface area contributed by atoms with Crippen molar-refractivity contribution < 1.29 is 9.59 Å². The first-order chi connectivity index (χ1) is 16.0. The van der Waals surface area contributed by atoms with Crippen LogP contribution >= 0.6 is 0 Å². The lowest BCUT2D eigenvalue weighted by Crippen LogP contribution is -2.38. The molecular formula is C24H29N7O2. The highest BCUT2D eigenvalue weighted by atomic mass is 16.2. The first kappa shape index (κ1) is 23.5. The first-order valence-electron chi connectivity index (χ1n) is 10.7. The third-order valence-electron chi connectivity index (χ3n) is 4.85. The molecule has 5 N–H and O–H groups in total. The van der Waals surface area contributed by atoms with Crippen LogP contribution in [0.1, 0.15) is 28.7 Å². The molecule has 1 heterocycles. The van der Waals surface area contributed by atoms with Crippen LogP contribution in [0.2, 0.25) is 0 Å². The van der Waals surface area contributed by atoms with Crippen LogP contribution in [-0.4, -0.2) is 52.8 Å². The smallest absolute Gasteiger partial charge is 0.251 e. The van der Waals surface area contributed by atoms with Crippen molar-refractivity contribution in [1.29, 1.82) is 0 Å². The lowest BCUT2D eigenvalue weighted by Gasteiger charge is -2.21. The topological polar surface area (TPSA) is 128 Å². The number of nitrogens with zero attached hydrogens (tertiary/aromatic N) is 3. The Morgan fingerprint density at radius 3 is 2.48 bits per heavy atom. The Morgan fingerprint density at radius 1 is 1.09 bits per heavy atom. The van der Waals surface area contributed by atoms with Gasteiger partial charge < -0.3 is 26.3 Å². The Balaban J connectivity index is 1.62. The summed E-state index contributed by atoms with van der Waals surface area (Å²) in [5.41, 5.74) is 8.53. The zero-order valence-corrected chi connectivity index (χ0v) is 18.8. The van der Waals surface area contributed by atoms with Gasteiger partial charge >= 0.3 is 0 Å². The summed E-state index contributed by atoms with van der Waals surface area (Å²) in [7, 11) is 1.96. The molecule has 0 atom stereocenters. The minimum atomic E-state index is -0.583. The third kappa shape index (κ3) is 6.93. The summed E-state index contributed by atoms with van der Waals surface area (Å²) >= 11 is 0. The minimum absolute atomic E-state index is 0.189. The van der Waals surface area contributed by atoms with Crippen molar-refractivity contribution in [3.8, 4) is 11.3 Å². The second kappa shape index (κ2) is 11.5. The number of carbonyl (C=O) groups is 2. The third-order valence-corrected chi connectivity index (χ3v) is 4.85. The van der Waals surface area contributed by atoms with Crippen molar-refractivity contribution in [3.63, 3.8) is 0 Å². The van der Waals surface area contributed by atoms with Gasteiger partial charge in [-0.2, -0.15) is 0 Å². The summed E-state index contributed by atoms with van der Waals surface area (Å²) in [5, 5.41) is 5.76. The van der Waals surface area contributed by atoms with Crippen LogP contribution in [-0.2, 0) is 17.9 Å². The van der Waals surface area contributed by atoms with Crippen molar-refractivity contribution in [2.24, 2.45) is 10.7 Å². The molecular weight excluding hydrogens is 418 g/mol. The van der Waals surface area contributed by atoms with Gasteiger partial charge in [0, 0.05) is 19.2 Å². The van der Waals surface area contributed by atoms with Gasteiger partial charge in [0.25, 0.3) is 5.91 Å². The lowest BCUT2D eigenvalue weighted by atomic mass is 10.1. The average molecular weight is 448 g/mol. The number of hydrogen-bond donors (Lipinski definition) is 4. The van der Waals surface area contributed by atoms with E-state index < -0.39 is 5.91 Å². The summed E-state index contributed by atoms with van der Waals surface area (Å²) in [6.07, 6.45) is 1.84. The predicted octanol–water partition coefficient (Wildman–Crippen LogP) is 1.89. The fraction of sp³-hybridized carbons (Fsp3) is 0.250. The first-order valence-corrected chi connectivity index (χ1v) is 10.7. The molecule has 3 rings (SSSR count). The SMILES string of the molecule is CCNC(=NCc1ccc(C(=O)NCC(N)=O)cc1)N(C)Cc1ncc(-c2ccccc2)[nH]1. The van der Waals surface area contributed by atoms with E-state index in [1.54, 1.807) is 12.1 Å². The molecule has 9 nitrogen and oxygen atoms in total. The molecule has 33 heavy (non-hydrogen) atoms. The maximum Gasteiger partial charge on any atom is 0.251 e. The maximum atomic E-state index is 12.0. The van der Waals surface area contributed by atoms with E-state index in [0.717, 1.165) is 35.1 Å². The second-order valence-corrected chi connectivity index (χ2v) is 7.48. The zero-order valence-electron chi connectivity index (χ0n) is 18.8. The number of amides is 2. The molecule has 172 valence electrons. The number of aliphatic imine (C=N–C) groups is 1. The maximum absolute atomic E-state index is 12.0. The van der Waals surface area contributed by atoms with Crippen molar-refractivity contribution in [1.82, 2.24) is 25.5 Å². The van der Waals surface area contributed by atoms with Crippen molar-refractivity contribution >= 4 is 17.8 Å². The van der Waals surface area contributed by atoms with E-state index >= 15 is 0 Å². The van der Waals surface area contributed by atoms with Crippen LogP contribution in [0.5, 0.6) is 0 Å². The predicted molar refractivity (Wildman–Crippen MR) is 128 cm³/mol. The van der Waals surface area contributed by atoms with Crippen LogP contribution in [0.3, 0.4) is 0 Å². The van der Waals surface area contributed by atoms with Crippen LogP contribution < -0.4 is 16.4 Å². The summed E-state index contributed by atoms with van der Waals surface area (Å²) in [6.45, 7) is 3.57. The number of nitrogens with two attached hydrogens (primary N) is 1. The van der Waals surface area contributed by atoms with Crippen LogP contribution in [0.25, 0.3) is 11.3 Å². The molecule has 0 spiro atoms. The normalized spacial score (nSPS) is 11.2. The highest BCUT2D eigenvalue weighted by Crippen LogP contribution is 2.16. The largest absolute Gasteiger partial charge is 0.368 e. The molecule has 0 radical (unpaired) electrons. The lowest BCUT2D eigenvalue weighted by molar-refractivity contribution is -0.117. The molecule has 1 aromatic heterocycles. The number of carbonyl (C=O) groups excluding carboxylic acids is 2. The molecule has 0 aliphatic carbocycles. The zero-order chi connectivity index (χ0) is 23.6. The van der Waals surface area contributed by atoms with Gasteiger partial charge in [0.05, 0.1) is 31.5 Å². The Kier molecular flexibility index (Phi) is 8.18. The molecule has 0 saturated carbocycles. The number of aromatic amines is 1. The molecule has 2 aromatic carbocycles. The Labute approximate surface area is 193 Å². The summed E-state index contributed by atoms with van der Waals surface area (Å²) in [4.78, 5) is 37.4. The Hall–Kier alpha value is -4.14. The van der Waals surface area contributed by atoms with E-state index in [2.05, 4.69) is 20.6 Å². The summed E-state index contributed by atoms with van der Waals surface area (Å²) in [6, 6.07) is 17.1. The standard InChI is InChI=1S/C24H29N7O2/c1-3-26-24(29-13-17-9-11-19(12-10-17)23(33)28-15-21(25)32)31(2)16-22-27-14-20(30-22)18-7-5-4-6-8-18/h4-12,14H,3,13,15-16H2,1-2H3,(H2,25,32)(H,26,29)(H,27,30)(H,28,33). The van der Waals surface area contributed by atoms with Gasteiger partial charge in [-0.15, -0.1) is 0 Å². The molecule has 9 heteroatoms. The molecule has 0 aliphatic heterocycles. The van der Waals surface area contributed by atoms with Crippen molar-refractivity contribution in [2.75, 3.05) is 20.1 Å². The molecule has 2 amide bonds. The Morgan fingerprint density at radius 2 is 1.82 bits per heavy atom. The number of guanidine groups is 1. The number of rotatable bonds is 9. The highest BCUT2D eigenvalue weighted by Gasteiger charge is 2.10. The second-order valence-electron chi connectivity index (χ2n) is 7.48.